The molecule has 0 aliphatic heterocycles. The van der Waals surface area contributed by atoms with Crippen molar-refractivity contribution in [3.63, 3.8) is 0 Å². The molecule has 0 saturated heterocycles. The summed E-state index contributed by atoms with van der Waals surface area (Å²) >= 11 is 6.28. The van der Waals surface area contributed by atoms with Crippen LogP contribution in [0.4, 0.5) is 11.4 Å². The van der Waals surface area contributed by atoms with Gasteiger partial charge in [-0.2, -0.15) is 0 Å². The lowest BCUT2D eigenvalue weighted by Crippen LogP contribution is -2.10. The van der Waals surface area contributed by atoms with Crippen LogP contribution in [0.5, 0.6) is 0 Å². The van der Waals surface area contributed by atoms with Crippen LogP contribution in [0.15, 0.2) is 42.5 Å². The predicted octanol–water partition coefficient (Wildman–Crippen LogP) is 6.07. The van der Waals surface area contributed by atoms with Crippen LogP contribution in [0.25, 0.3) is 10.9 Å². The topological polar surface area (TPSA) is 24.9 Å². The molecular weight excluding hydrogens is 316 g/mol. The highest BCUT2D eigenvalue weighted by molar-refractivity contribution is 6.31. The molecule has 0 spiro atoms. The molecular formula is C21H21ClN2. The molecule has 122 valence electrons. The Morgan fingerprint density at radius 2 is 1.92 bits per heavy atom. The van der Waals surface area contributed by atoms with Crippen molar-refractivity contribution in [2.75, 3.05) is 5.32 Å². The fourth-order valence-electron chi connectivity index (χ4n) is 3.62. The van der Waals surface area contributed by atoms with Gasteiger partial charge in [-0.1, -0.05) is 36.7 Å². The lowest BCUT2D eigenvalue weighted by atomic mass is 9.92. The minimum atomic E-state index is 0.756. The lowest BCUT2D eigenvalue weighted by molar-refractivity contribution is 0.672. The summed E-state index contributed by atoms with van der Waals surface area (Å²) in [6.07, 6.45) is 5.61. The molecule has 0 amide bonds. The maximum atomic E-state index is 6.28. The van der Waals surface area contributed by atoms with E-state index in [-0.39, 0.29) is 0 Å². The van der Waals surface area contributed by atoms with Crippen molar-refractivity contribution in [2.24, 2.45) is 0 Å². The number of hydrogen-bond acceptors (Lipinski definition) is 2. The average Bonchev–Trinajstić information content (AvgIpc) is 2.62. The minimum absolute atomic E-state index is 0.756. The van der Waals surface area contributed by atoms with E-state index in [1.54, 1.807) is 0 Å². The van der Waals surface area contributed by atoms with Crippen LogP contribution in [0, 0.1) is 0 Å². The van der Waals surface area contributed by atoms with Crippen LogP contribution in [-0.2, 0) is 19.3 Å². The van der Waals surface area contributed by atoms with Gasteiger partial charge in [0.05, 0.1) is 11.2 Å². The number of nitrogens with zero attached hydrogens (tertiary/aromatic N) is 1. The number of pyridine rings is 1. The number of rotatable bonds is 3. The zero-order chi connectivity index (χ0) is 16.5. The molecule has 1 aliphatic carbocycles. The number of nitrogens with one attached hydrogen (secondary N) is 1. The third-order valence-corrected chi connectivity index (χ3v) is 5.12. The van der Waals surface area contributed by atoms with E-state index in [4.69, 9.17) is 16.6 Å². The van der Waals surface area contributed by atoms with Gasteiger partial charge in [-0.3, -0.25) is 4.98 Å². The Labute approximate surface area is 147 Å². The highest BCUT2D eigenvalue weighted by atomic mass is 35.5. The fourth-order valence-corrected chi connectivity index (χ4v) is 3.80. The first-order valence-corrected chi connectivity index (χ1v) is 9.10. The van der Waals surface area contributed by atoms with Gasteiger partial charge in [0.25, 0.3) is 0 Å². The van der Waals surface area contributed by atoms with E-state index in [1.165, 1.54) is 41.0 Å². The van der Waals surface area contributed by atoms with Crippen LogP contribution in [0.2, 0.25) is 5.02 Å². The van der Waals surface area contributed by atoms with Crippen LogP contribution < -0.4 is 5.32 Å². The van der Waals surface area contributed by atoms with E-state index in [0.29, 0.717) is 0 Å². The summed E-state index contributed by atoms with van der Waals surface area (Å²) in [4.78, 5) is 4.90. The Kier molecular flexibility index (Phi) is 4.15. The van der Waals surface area contributed by atoms with Gasteiger partial charge in [0, 0.05) is 21.8 Å². The number of anilines is 2. The molecule has 0 fully saturated rings. The van der Waals surface area contributed by atoms with Crippen molar-refractivity contribution in [3.8, 4) is 0 Å². The van der Waals surface area contributed by atoms with E-state index in [2.05, 4.69) is 36.5 Å². The highest BCUT2D eigenvalue weighted by Crippen LogP contribution is 2.36. The molecule has 1 aliphatic rings. The van der Waals surface area contributed by atoms with E-state index in [9.17, 15) is 0 Å². The molecule has 0 saturated carbocycles. The van der Waals surface area contributed by atoms with Crippen molar-refractivity contribution in [1.82, 2.24) is 4.98 Å². The monoisotopic (exact) mass is 336 g/mol. The van der Waals surface area contributed by atoms with Crippen LogP contribution in [0.3, 0.4) is 0 Å². The molecule has 2 nitrogen and oxygen atoms in total. The van der Waals surface area contributed by atoms with Crippen LogP contribution in [-0.4, -0.2) is 4.98 Å². The van der Waals surface area contributed by atoms with Gasteiger partial charge in [-0.15, -0.1) is 0 Å². The second-order valence-electron chi connectivity index (χ2n) is 6.42. The van der Waals surface area contributed by atoms with Gasteiger partial charge in [-0.25, -0.2) is 0 Å². The summed E-state index contributed by atoms with van der Waals surface area (Å²) in [5.74, 6) is 0. The Morgan fingerprint density at radius 1 is 1.08 bits per heavy atom. The van der Waals surface area contributed by atoms with Crippen molar-refractivity contribution in [2.45, 2.75) is 39.0 Å². The summed E-state index contributed by atoms with van der Waals surface area (Å²) in [6.45, 7) is 2.19. The maximum absolute atomic E-state index is 6.28. The van der Waals surface area contributed by atoms with E-state index in [0.717, 1.165) is 35.2 Å². The number of aromatic nitrogens is 1. The third-order valence-electron chi connectivity index (χ3n) is 4.88. The number of halogens is 1. The first-order chi connectivity index (χ1) is 11.8. The Bertz CT molecular complexity index is 902. The van der Waals surface area contributed by atoms with E-state index in [1.807, 2.05) is 18.2 Å². The minimum Gasteiger partial charge on any atom is -0.354 e. The first kappa shape index (κ1) is 15.5. The van der Waals surface area contributed by atoms with Crippen LogP contribution in [0.1, 0.15) is 36.6 Å². The Balaban J connectivity index is 1.93. The normalized spacial score (nSPS) is 13.8. The smallest absolute Gasteiger partial charge is 0.0727 e. The van der Waals surface area contributed by atoms with Gasteiger partial charge in [-0.05, 0) is 67.5 Å². The number of benzene rings is 2. The molecule has 3 aromatic rings. The molecule has 2 aromatic carbocycles. The molecule has 0 bridgehead atoms. The molecule has 0 unspecified atom stereocenters. The summed E-state index contributed by atoms with van der Waals surface area (Å²) in [5.41, 5.74) is 7.33. The van der Waals surface area contributed by atoms with Crippen molar-refractivity contribution >= 4 is 33.9 Å². The number of aryl methyl sites for hydroxylation is 2. The second-order valence-corrected chi connectivity index (χ2v) is 6.85. The number of para-hydroxylation sites is 1. The van der Waals surface area contributed by atoms with Crippen LogP contribution >= 0.6 is 11.6 Å². The number of fused-ring (bicyclic) bond motifs is 2. The summed E-state index contributed by atoms with van der Waals surface area (Å²) in [7, 11) is 0. The van der Waals surface area contributed by atoms with E-state index < -0.39 is 0 Å². The van der Waals surface area contributed by atoms with Crippen molar-refractivity contribution in [3.05, 3.63) is 64.3 Å². The molecule has 1 N–H and O–H groups in total. The molecule has 0 atom stereocenters. The standard InChI is InChI=1S/C21H21ClN2/c1-2-14-7-3-5-9-18(14)24-21-16-8-4-6-10-19(16)23-20-12-11-15(22)13-17(20)21/h3,5,7,9,11-13H,2,4,6,8,10H2,1H3,(H,23,24). The third kappa shape index (κ3) is 2.76. The van der Waals surface area contributed by atoms with Gasteiger partial charge in [0.15, 0.2) is 0 Å². The average molecular weight is 337 g/mol. The van der Waals surface area contributed by atoms with Gasteiger partial charge >= 0.3 is 0 Å². The summed E-state index contributed by atoms with van der Waals surface area (Å²) in [5, 5.41) is 5.60. The van der Waals surface area contributed by atoms with Gasteiger partial charge < -0.3 is 5.32 Å². The van der Waals surface area contributed by atoms with Gasteiger partial charge in [0.1, 0.15) is 0 Å². The first-order valence-electron chi connectivity index (χ1n) is 8.72. The largest absolute Gasteiger partial charge is 0.354 e. The van der Waals surface area contributed by atoms with Crippen molar-refractivity contribution < 1.29 is 0 Å². The Hall–Kier alpha value is -2.06. The molecule has 4 rings (SSSR count). The molecule has 1 aromatic heterocycles. The summed E-state index contributed by atoms with van der Waals surface area (Å²) in [6, 6.07) is 14.5. The molecule has 3 heteroatoms. The summed E-state index contributed by atoms with van der Waals surface area (Å²) < 4.78 is 0. The zero-order valence-electron chi connectivity index (χ0n) is 13.9. The fraction of sp³-hybridized carbons (Fsp3) is 0.286. The Morgan fingerprint density at radius 3 is 2.79 bits per heavy atom. The number of hydrogen-bond donors (Lipinski definition) is 1. The maximum Gasteiger partial charge on any atom is 0.0727 e. The van der Waals surface area contributed by atoms with E-state index >= 15 is 0 Å². The molecule has 0 radical (unpaired) electrons. The quantitative estimate of drug-likeness (QED) is 0.627. The van der Waals surface area contributed by atoms with Gasteiger partial charge in [0.2, 0.25) is 0 Å². The zero-order valence-corrected chi connectivity index (χ0v) is 14.7. The second kappa shape index (κ2) is 6.45. The predicted molar refractivity (Wildman–Crippen MR) is 102 cm³/mol. The molecule has 1 heterocycles. The highest BCUT2D eigenvalue weighted by Gasteiger charge is 2.19. The lowest BCUT2D eigenvalue weighted by Gasteiger charge is -2.22. The molecule has 24 heavy (non-hydrogen) atoms. The van der Waals surface area contributed by atoms with Crippen molar-refractivity contribution in [1.29, 1.82) is 0 Å². The SMILES string of the molecule is CCc1ccccc1Nc1c2c(nc3ccc(Cl)cc13)CCCC2.